The molecule has 0 atom stereocenters. The first-order chi connectivity index (χ1) is 9.48. The smallest absolute Gasteiger partial charge is 0.131 e. The average molecular weight is 271 g/mol. The summed E-state index contributed by atoms with van der Waals surface area (Å²) in [5.74, 6) is 0.675. The maximum Gasteiger partial charge on any atom is 0.131 e. The van der Waals surface area contributed by atoms with Crippen LogP contribution in [-0.4, -0.2) is 5.60 Å². The maximum atomic E-state index is 14.0. The van der Waals surface area contributed by atoms with Crippen molar-refractivity contribution in [1.29, 1.82) is 0 Å². The summed E-state index contributed by atoms with van der Waals surface area (Å²) in [5.41, 5.74) is 8.98. The summed E-state index contributed by atoms with van der Waals surface area (Å²) in [6.07, 6.45) is 0.842. The van der Waals surface area contributed by atoms with Gasteiger partial charge in [0, 0.05) is 18.5 Å². The van der Waals surface area contributed by atoms with E-state index in [-0.39, 0.29) is 11.4 Å². The average Bonchev–Trinajstić information content (AvgIpc) is 2.72. The van der Waals surface area contributed by atoms with Gasteiger partial charge >= 0.3 is 0 Å². The third-order valence-electron chi connectivity index (χ3n) is 3.64. The van der Waals surface area contributed by atoms with Crippen LogP contribution in [0.3, 0.4) is 0 Å². The second-order valence-electron chi connectivity index (χ2n) is 5.88. The van der Waals surface area contributed by atoms with E-state index in [4.69, 9.17) is 10.5 Å². The van der Waals surface area contributed by atoms with E-state index in [1.54, 1.807) is 6.07 Å². The Hall–Kier alpha value is -1.87. The summed E-state index contributed by atoms with van der Waals surface area (Å²) >= 11 is 0. The Labute approximate surface area is 118 Å². The van der Waals surface area contributed by atoms with Gasteiger partial charge in [0.15, 0.2) is 0 Å². The molecule has 2 nitrogen and oxygen atoms in total. The van der Waals surface area contributed by atoms with Gasteiger partial charge in [0.2, 0.25) is 0 Å². The van der Waals surface area contributed by atoms with Crippen molar-refractivity contribution < 1.29 is 9.13 Å². The number of nitrogens with two attached hydrogens (primary N) is 1. The highest BCUT2D eigenvalue weighted by Crippen LogP contribution is 2.37. The highest BCUT2D eigenvalue weighted by Gasteiger charge is 2.30. The first-order valence-corrected chi connectivity index (χ1v) is 6.79. The van der Waals surface area contributed by atoms with E-state index in [0.717, 1.165) is 28.9 Å². The lowest BCUT2D eigenvalue weighted by Crippen LogP contribution is -2.24. The van der Waals surface area contributed by atoms with Crippen molar-refractivity contribution in [2.24, 2.45) is 5.73 Å². The standard InChI is InChI=1S/C17H18FNO/c1-17(2)9-13-8-12(4-6-16(13)20-17)14-7-11(10-19)3-5-15(14)18/h3-8H,9-10,19H2,1-2H3. The van der Waals surface area contributed by atoms with Crippen LogP contribution in [0.4, 0.5) is 4.39 Å². The summed E-state index contributed by atoms with van der Waals surface area (Å²) in [4.78, 5) is 0. The Balaban J connectivity index is 2.05. The van der Waals surface area contributed by atoms with E-state index >= 15 is 0 Å². The van der Waals surface area contributed by atoms with E-state index in [0.29, 0.717) is 12.1 Å². The molecule has 0 bridgehead atoms. The third-order valence-corrected chi connectivity index (χ3v) is 3.64. The second-order valence-corrected chi connectivity index (χ2v) is 5.88. The van der Waals surface area contributed by atoms with Crippen molar-refractivity contribution in [2.45, 2.75) is 32.4 Å². The molecule has 1 aliphatic rings. The number of fused-ring (bicyclic) bond motifs is 1. The van der Waals surface area contributed by atoms with E-state index < -0.39 is 0 Å². The molecule has 0 saturated heterocycles. The minimum Gasteiger partial charge on any atom is -0.487 e. The molecule has 0 saturated carbocycles. The maximum absolute atomic E-state index is 14.0. The molecule has 20 heavy (non-hydrogen) atoms. The molecule has 1 heterocycles. The molecule has 3 heteroatoms. The van der Waals surface area contributed by atoms with Crippen LogP contribution in [-0.2, 0) is 13.0 Å². The fourth-order valence-electron chi connectivity index (χ4n) is 2.70. The molecule has 104 valence electrons. The van der Waals surface area contributed by atoms with E-state index in [2.05, 4.69) is 13.8 Å². The lowest BCUT2D eigenvalue weighted by molar-refractivity contribution is 0.138. The predicted molar refractivity (Wildman–Crippen MR) is 78.1 cm³/mol. The molecule has 0 fully saturated rings. The monoisotopic (exact) mass is 271 g/mol. The van der Waals surface area contributed by atoms with Crippen LogP contribution in [0.5, 0.6) is 5.75 Å². The van der Waals surface area contributed by atoms with Crippen molar-refractivity contribution in [1.82, 2.24) is 0 Å². The summed E-state index contributed by atoms with van der Waals surface area (Å²) in [5, 5.41) is 0. The number of hydrogen-bond donors (Lipinski definition) is 1. The van der Waals surface area contributed by atoms with Gasteiger partial charge in [-0.2, -0.15) is 0 Å². The zero-order valence-electron chi connectivity index (χ0n) is 11.7. The van der Waals surface area contributed by atoms with Crippen molar-refractivity contribution in [3.8, 4) is 16.9 Å². The Morgan fingerprint density at radius 1 is 1.20 bits per heavy atom. The van der Waals surface area contributed by atoms with Crippen molar-refractivity contribution in [3.05, 3.63) is 53.3 Å². The minimum atomic E-state index is -0.222. The lowest BCUT2D eigenvalue weighted by Gasteiger charge is -2.16. The van der Waals surface area contributed by atoms with Gasteiger partial charge in [-0.15, -0.1) is 0 Å². The lowest BCUT2D eigenvalue weighted by atomic mass is 9.96. The SMILES string of the molecule is CC1(C)Cc2cc(-c3cc(CN)ccc3F)ccc2O1. The van der Waals surface area contributed by atoms with E-state index in [1.807, 2.05) is 24.3 Å². The predicted octanol–water partition coefficient (Wildman–Crippen LogP) is 3.66. The van der Waals surface area contributed by atoms with Crippen LogP contribution in [0.2, 0.25) is 0 Å². The fraction of sp³-hybridized carbons (Fsp3) is 0.294. The molecule has 3 rings (SSSR count). The molecule has 0 spiro atoms. The van der Waals surface area contributed by atoms with Crippen molar-refractivity contribution >= 4 is 0 Å². The van der Waals surface area contributed by atoms with Crippen LogP contribution in [0, 0.1) is 5.82 Å². The van der Waals surface area contributed by atoms with Gasteiger partial charge in [0.1, 0.15) is 17.2 Å². The molecular formula is C17H18FNO. The fourth-order valence-corrected chi connectivity index (χ4v) is 2.70. The Morgan fingerprint density at radius 3 is 2.75 bits per heavy atom. The van der Waals surface area contributed by atoms with Crippen LogP contribution < -0.4 is 10.5 Å². The first kappa shape index (κ1) is 13.1. The zero-order chi connectivity index (χ0) is 14.3. The molecule has 2 aromatic carbocycles. The minimum absolute atomic E-state index is 0.182. The second kappa shape index (κ2) is 4.60. The highest BCUT2D eigenvalue weighted by molar-refractivity contribution is 5.67. The molecule has 0 amide bonds. The third kappa shape index (κ3) is 2.29. The summed E-state index contributed by atoms with van der Waals surface area (Å²) < 4.78 is 19.9. The molecule has 0 unspecified atom stereocenters. The van der Waals surface area contributed by atoms with Crippen LogP contribution >= 0.6 is 0 Å². The quantitative estimate of drug-likeness (QED) is 0.904. The molecule has 0 aromatic heterocycles. The number of ether oxygens (including phenoxy) is 1. The largest absolute Gasteiger partial charge is 0.487 e. The van der Waals surface area contributed by atoms with E-state index in [1.165, 1.54) is 6.07 Å². The van der Waals surface area contributed by atoms with Crippen molar-refractivity contribution in [3.63, 3.8) is 0 Å². The van der Waals surface area contributed by atoms with Crippen LogP contribution in [0.25, 0.3) is 11.1 Å². The zero-order valence-corrected chi connectivity index (χ0v) is 11.7. The Morgan fingerprint density at radius 2 is 2.00 bits per heavy atom. The topological polar surface area (TPSA) is 35.2 Å². The van der Waals surface area contributed by atoms with Crippen LogP contribution in [0.1, 0.15) is 25.0 Å². The molecule has 0 radical (unpaired) electrons. The Bertz CT molecular complexity index is 664. The number of hydrogen-bond acceptors (Lipinski definition) is 2. The van der Waals surface area contributed by atoms with E-state index in [9.17, 15) is 4.39 Å². The first-order valence-electron chi connectivity index (χ1n) is 6.79. The van der Waals surface area contributed by atoms with Crippen molar-refractivity contribution in [2.75, 3.05) is 0 Å². The number of rotatable bonds is 2. The number of halogens is 1. The molecular weight excluding hydrogens is 253 g/mol. The summed E-state index contributed by atoms with van der Waals surface area (Å²) in [6.45, 7) is 4.53. The summed E-state index contributed by atoms with van der Waals surface area (Å²) in [6, 6.07) is 10.9. The summed E-state index contributed by atoms with van der Waals surface area (Å²) in [7, 11) is 0. The Kier molecular flexibility index (Phi) is 3.02. The van der Waals surface area contributed by atoms with Gasteiger partial charge in [0.25, 0.3) is 0 Å². The van der Waals surface area contributed by atoms with Gasteiger partial charge in [-0.25, -0.2) is 4.39 Å². The van der Waals surface area contributed by atoms with Gasteiger partial charge < -0.3 is 10.5 Å². The number of benzene rings is 2. The highest BCUT2D eigenvalue weighted by atomic mass is 19.1. The van der Waals surface area contributed by atoms with Crippen LogP contribution in [0.15, 0.2) is 36.4 Å². The normalized spacial score (nSPS) is 15.8. The molecule has 0 aliphatic carbocycles. The van der Waals surface area contributed by atoms with Gasteiger partial charge in [-0.1, -0.05) is 12.1 Å². The van der Waals surface area contributed by atoms with Gasteiger partial charge in [0.05, 0.1) is 0 Å². The molecule has 2 N–H and O–H groups in total. The van der Waals surface area contributed by atoms with Gasteiger partial charge in [-0.05, 0) is 54.8 Å². The molecule has 1 aliphatic heterocycles. The molecule has 2 aromatic rings. The van der Waals surface area contributed by atoms with Gasteiger partial charge in [-0.3, -0.25) is 0 Å².